The topological polar surface area (TPSA) is 78.5 Å². The number of carbonyl (C=O) groups is 3. The predicted molar refractivity (Wildman–Crippen MR) is 78.3 cm³/mol. The molecular formula is C15H25N3O3. The lowest BCUT2D eigenvalue weighted by molar-refractivity contribution is -0.138. The Morgan fingerprint density at radius 2 is 1.90 bits per heavy atom. The van der Waals surface area contributed by atoms with E-state index in [2.05, 4.69) is 10.6 Å². The van der Waals surface area contributed by atoms with Crippen LogP contribution in [0, 0.1) is 11.8 Å². The summed E-state index contributed by atoms with van der Waals surface area (Å²) in [5.41, 5.74) is 0. The minimum atomic E-state index is -0.0150. The van der Waals surface area contributed by atoms with E-state index in [-0.39, 0.29) is 35.6 Å². The van der Waals surface area contributed by atoms with Crippen molar-refractivity contribution in [2.75, 3.05) is 19.6 Å². The van der Waals surface area contributed by atoms with Crippen LogP contribution >= 0.6 is 0 Å². The van der Waals surface area contributed by atoms with Crippen molar-refractivity contribution in [1.29, 1.82) is 0 Å². The van der Waals surface area contributed by atoms with E-state index in [1.54, 1.807) is 0 Å². The fourth-order valence-electron chi connectivity index (χ4n) is 2.90. The van der Waals surface area contributed by atoms with E-state index in [1.807, 2.05) is 18.7 Å². The van der Waals surface area contributed by atoms with Gasteiger partial charge in [-0.1, -0.05) is 13.8 Å². The first-order valence-corrected chi connectivity index (χ1v) is 7.83. The number of likely N-dealkylation sites (tertiary alicyclic amines) is 1. The van der Waals surface area contributed by atoms with Crippen LogP contribution in [-0.4, -0.2) is 48.3 Å². The van der Waals surface area contributed by atoms with Crippen LogP contribution in [0.3, 0.4) is 0 Å². The molecule has 2 heterocycles. The van der Waals surface area contributed by atoms with Gasteiger partial charge in [-0.3, -0.25) is 14.4 Å². The highest BCUT2D eigenvalue weighted by Gasteiger charge is 2.29. The first kappa shape index (κ1) is 15.8. The quantitative estimate of drug-likeness (QED) is 0.785. The third-order valence-electron chi connectivity index (χ3n) is 4.28. The Hall–Kier alpha value is -1.59. The van der Waals surface area contributed by atoms with E-state index in [9.17, 15) is 14.4 Å². The number of piperidine rings is 2. The monoisotopic (exact) mass is 295 g/mol. The molecule has 0 radical (unpaired) electrons. The molecule has 2 aliphatic rings. The zero-order chi connectivity index (χ0) is 15.4. The number of nitrogens with zero attached hydrogens (tertiary/aromatic N) is 1. The molecule has 0 aromatic carbocycles. The van der Waals surface area contributed by atoms with Gasteiger partial charge in [0.25, 0.3) is 0 Å². The molecule has 6 nitrogen and oxygen atoms in total. The lowest BCUT2D eigenvalue weighted by Gasteiger charge is -2.33. The summed E-state index contributed by atoms with van der Waals surface area (Å²) >= 11 is 0. The van der Waals surface area contributed by atoms with E-state index < -0.39 is 0 Å². The summed E-state index contributed by atoms with van der Waals surface area (Å²) in [5, 5.41) is 5.79. The lowest BCUT2D eigenvalue weighted by Crippen LogP contribution is -2.51. The molecule has 0 bridgehead atoms. The van der Waals surface area contributed by atoms with Crippen LogP contribution in [0.2, 0.25) is 0 Å². The average molecular weight is 295 g/mol. The molecule has 1 atom stereocenters. The second kappa shape index (κ2) is 6.91. The van der Waals surface area contributed by atoms with E-state index in [0.29, 0.717) is 32.5 Å². The number of hydrogen-bond acceptors (Lipinski definition) is 3. The van der Waals surface area contributed by atoms with Crippen molar-refractivity contribution < 1.29 is 14.4 Å². The minimum absolute atomic E-state index is 0.0150. The predicted octanol–water partition coefficient (Wildman–Crippen LogP) is 0.276. The Kier molecular flexibility index (Phi) is 5.20. The lowest BCUT2D eigenvalue weighted by atomic mass is 9.94. The first-order chi connectivity index (χ1) is 9.97. The maximum absolute atomic E-state index is 12.2. The Labute approximate surface area is 125 Å². The van der Waals surface area contributed by atoms with Gasteiger partial charge in [-0.25, -0.2) is 0 Å². The van der Waals surface area contributed by atoms with Gasteiger partial charge in [-0.05, 0) is 19.3 Å². The van der Waals surface area contributed by atoms with Gasteiger partial charge in [0.2, 0.25) is 17.7 Å². The van der Waals surface area contributed by atoms with Crippen molar-refractivity contribution in [3.05, 3.63) is 0 Å². The number of hydrogen-bond donors (Lipinski definition) is 2. The molecule has 118 valence electrons. The molecule has 0 aromatic heterocycles. The molecule has 0 saturated carbocycles. The Morgan fingerprint density at radius 1 is 1.24 bits per heavy atom. The van der Waals surface area contributed by atoms with Crippen LogP contribution < -0.4 is 10.6 Å². The summed E-state index contributed by atoms with van der Waals surface area (Å²) in [6.45, 7) is 5.65. The summed E-state index contributed by atoms with van der Waals surface area (Å²) in [4.78, 5) is 37.1. The highest BCUT2D eigenvalue weighted by Crippen LogP contribution is 2.19. The largest absolute Gasteiger partial charge is 0.354 e. The summed E-state index contributed by atoms with van der Waals surface area (Å²) in [6.07, 6.45) is 2.64. The zero-order valence-electron chi connectivity index (χ0n) is 12.9. The molecule has 6 heteroatoms. The molecule has 2 rings (SSSR count). The molecule has 1 unspecified atom stereocenters. The second-order valence-corrected chi connectivity index (χ2v) is 6.30. The molecule has 3 amide bonds. The van der Waals surface area contributed by atoms with Crippen LogP contribution in [-0.2, 0) is 14.4 Å². The molecule has 0 spiro atoms. The number of amides is 3. The van der Waals surface area contributed by atoms with Crippen LogP contribution in [0.5, 0.6) is 0 Å². The number of carbonyl (C=O) groups excluding carboxylic acids is 3. The van der Waals surface area contributed by atoms with Crippen molar-refractivity contribution in [3.63, 3.8) is 0 Å². The maximum atomic E-state index is 12.2. The van der Waals surface area contributed by atoms with Crippen LogP contribution in [0.15, 0.2) is 0 Å². The van der Waals surface area contributed by atoms with E-state index in [4.69, 9.17) is 0 Å². The van der Waals surface area contributed by atoms with Crippen molar-refractivity contribution in [3.8, 4) is 0 Å². The molecule has 2 fully saturated rings. The van der Waals surface area contributed by atoms with Gasteiger partial charge in [-0.15, -0.1) is 0 Å². The smallest absolute Gasteiger partial charge is 0.225 e. The van der Waals surface area contributed by atoms with Gasteiger partial charge in [0, 0.05) is 43.9 Å². The summed E-state index contributed by atoms with van der Waals surface area (Å²) < 4.78 is 0. The highest BCUT2D eigenvalue weighted by molar-refractivity contribution is 5.81. The normalized spacial score (nSPS) is 23.9. The minimum Gasteiger partial charge on any atom is -0.354 e. The average Bonchev–Trinajstić information content (AvgIpc) is 2.49. The molecule has 2 saturated heterocycles. The van der Waals surface area contributed by atoms with Crippen LogP contribution in [0.4, 0.5) is 0 Å². The van der Waals surface area contributed by atoms with Gasteiger partial charge in [0.15, 0.2) is 0 Å². The molecular weight excluding hydrogens is 270 g/mol. The van der Waals surface area contributed by atoms with Gasteiger partial charge < -0.3 is 15.5 Å². The number of rotatable bonds is 3. The molecule has 0 aromatic rings. The highest BCUT2D eigenvalue weighted by atomic mass is 16.2. The van der Waals surface area contributed by atoms with E-state index >= 15 is 0 Å². The van der Waals surface area contributed by atoms with Gasteiger partial charge in [-0.2, -0.15) is 0 Å². The Morgan fingerprint density at radius 3 is 2.43 bits per heavy atom. The van der Waals surface area contributed by atoms with Crippen molar-refractivity contribution in [1.82, 2.24) is 15.5 Å². The van der Waals surface area contributed by atoms with Crippen LogP contribution in [0.1, 0.15) is 39.5 Å². The summed E-state index contributed by atoms with van der Waals surface area (Å²) in [5.74, 6) is 0.290. The standard InChI is InChI=1S/C15H25N3O3/c1-10(2)15(21)18-7-5-11(6-8-18)14(20)17-12-3-4-13(19)16-9-12/h10-12H,3-9H2,1-2H3,(H,16,19)(H,17,20). The van der Waals surface area contributed by atoms with E-state index in [0.717, 1.165) is 12.8 Å². The number of nitrogens with one attached hydrogen (secondary N) is 2. The van der Waals surface area contributed by atoms with Gasteiger partial charge in [0.05, 0.1) is 0 Å². The fourth-order valence-corrected chi connectivity index (χ4v) is 2.90. The second-order valence-electron chi connectivity index (χ2n) is 6.30. The third kappa shape index (κ3) is 4.19. The van der Waals surface area contributed by atoms with Crippen molar-refractivity contribution in [2.24, 2.45) is 11.8 Å². The molecule has 2 N–H and O–H groups in total. The Balaban J connectivity index is 1.75. The molecule has 21 heavy (non-hydrogen) atoms. The van der Waals surface area contributed by atoms with Gasteiger partial charge in [0.1, 0.15) is 0 Å². The molecule has 2 aliphatic heterocycles. The zero-order valence-corrected chi connectivity index (χ0v) is 12.9. The fraction of sp³-hybridized carbons (Fsp3) is 0.800. The maximum Gasteiger partial charge on any atom is 0.225 e. The summed E-state index contributed by atoms with van der Waals surface area (Å²) in [7, 11) is 0. The van der Waals surface area contributed by atoms with Gasteiger partial charge >= 0.3 is 0 Å². The van der Waals surface area contributed by atoms with Crippen molar-refractivity contribution in [2.45, 2.75) is 45.6 Å². The SMILES string of the molecule is CC(C)C(=O)N1CCC(C(=O)NC2CCC(=O)NC2)CC1. The Bertz CT molecular complexity index is 404. The summed E-state index contributed by atoms with van der Waals surface area (Å²) in [6, 6.07) is 0.0468. The van der Waals surface area contributed by atoms with Crippen LogP contribution in [0.25, 0.3) is 0 Å². The first-order valence-electron chi connectivity index (χ1n) is 7.83. The molecule has 0 aliphatic carbocycles. The third-order valence-corrected chi connectivity index (χ3v) is 4.28. The van der Waals surface area contributed by atoms with E-state index in [1.165, 1.54) is 0 Å². The van der Waals surface area contributed by atoms with Crippen molar-refractivity contribution >= 4 is 17.7 Å².